The topological polar surface area (TPSA) is 69.5 Å². The first-order valence-electron chi connectivity index (χ1n) is 8.37. The number of carbonyl (C=O) groups is 1. The van der Waals surface area contributed by atoms with E-state index in [-0.39, 0.29) is 18.6 Å². The second-order valence-corrected chi connectivity index (χ2v) is 6.65. The van der Waals surface area contributed by atoms with Crippen molar-refractivity contribution in [1.82, 2.24) is 9.88 Å². The molecule has 3 rings (SSSR count). The van der Waals surface area contributed by atoms with Gasteiger partial charge in [-0.1, -0.05) is 11.6 Å². The van der Waals surface area contributed by atoms with Crippen molar-refractivity contribution < 1.29 is 9.53 Å². The Hall–Kier alpha value is -1.84. The molecule has 0 aliphatic carbocycles. The average Bonchev–Trinajstić information content (AvgIpc) is 3.27. The van der Waals surface area contributed by atoms with Gasteiger partial charge in [-0.2, -0.15) is 5.26 Å². The Kier molecular flexibility index (Phi) is 5.54. The predicted octanol–water partition coefficient (Wildman–Crippen LogP) is 2.21. The maximum atomic E-state index is 12.6. The molecule has 0 aromatic carbocycles. The molecule has 1 aromatic heterocycles. The van der Waals surface area contributed by atoms with Crippen LogP contribution in [-0.4, -0.2) is 54.7 Å². The van der Waals surface area contributed by atoms with Crippen LogP contribution in [0.1, 0.15) is 31.2 Å². The van der Waals surface area contributed by atoms with Gasteiger partial charge in [-0.25, -0.2) is 4.98 Å². The summed E-state index contributed by atoms with van der Waals surface area (Å²) in [5, 5.41) is 9.36. The summed E-state index contributed by atoms with van der Waals surface area (Å²) < 4.78 is 5.71. The number of anilines is 1. The lowest BCUT2D eigenvalue weighted by atomic mass is 10.2. The first kappa shape index (κ1) is 17.0. The molecule has 0 unspecified atom stereocenters. The maximum Gasteiger partial charge on any atom is 0.242 e. The van der Waals surface area contributed by atoms with Crippen LogP contribution in [-0.2, 0) is 9.53 Å². The van der Waals surface area contributed by atoms with Gasteiger partial charge in [-0.05, 0) is 31.7 Å². The number of nitriles is 1. The molecule has 0 spiro atoms. The van der Waals surface area contributed by atoms with Gasteiger partial charge in [0.2, 0.25) is 5.91 Å². The number of ether oxygens (including phenoxy) is 1. The van der Waals surface area contributed by atoms with Crippen LogP contribution in [0.2, 0.25) is 5.02 Å². The monoisotopic (exact) mass is 348 g/mol. The van der Waals surface area contributed by atoms with Gasteiger partial charge < -0.3 is 14.5 Å². The van der Waals surface area contributed by atoms with Gasteiger partial charge in [0.05, 0.1) is 23.2 Å². The third-order valence-corrected chi connectivity index (χ3v) is 4.76. The number of amides is 1. The number of carbonyl (C=O) groups excluding carboxylic acids is 1. The number of rotatable bonds is 5. The second-order valence-electron chi connectivity index (χ2n) is 6.24. The standard InChI is InChI=1S/C17H21ClN4O2/c18-15-8-13(9-19)10-20-17(15)22(11-14-4-3-7-24-14)12-16(23)21-5-1-2-6-21/h8,10,14H,1-7,11-12H2/t14-/m0/s1. The smallest absolute Gasteiger partial charge is 0.242 e. The summed E-state index contributed by atoms with van der Waals surface area (Å²) in [5.74, 6) is 0.631. The van der Waals surface area contributed by atoms with E-state index in [1.807, 2.05) is 15.9 Å². The number of hydrogen-bond acceptors (Lipinski definition) is 5. The highest BCUT2D eigenvalue weighted by Crippen LogP contribution is 2.26. The van der Waals surface area contributed by atoms with Gasteiger partial charge in [0, 0.05) is 32.4 Å². The zero-order chi connectivity index (χ0) is 16.9. The SMILES string of the molecule is N#Cc1cnc(N(CC(=O)N2CCCC2)C[C@@H]2CCCO2)c(Cl)c1. The van der Waals surface area contributed by atoms with Crippen molar-refractivity contribution >= 4 is 23.3 Å². The lowest BCUT2D eigenvalue weighted by Gasteiger charge is -2.28. The van der Waals surface area contributed by atoms with Crippen molar-refractivity contribution in [2.45, 2.75) is 31.8 Å². The van der Waals surface area contributed by atoms with Crippen LogP contribution in [0, 0.1) is 11.3 Å². The fourth-order valence-corrected chi connectivity index (χ4v) is 3.50. The summed E-state index contributed by atoms with van der Waals surface area (Å²) in [4.78, 5) is 20.7. The molecule has 2 fully saturated rings. The Balaban J connectivity index is 1.78. The van der Waals surface area contributed by atoms with E-state index in [1.54, 1.807) is 6.07 Å². The van der Waals surface area contributed by atoms with Gasteiger partial charge >= 0.3 is 0 Å². The molecule has 24 heavy (non-hydrogen) atoms. The number of nitrogens with zero attached hydrogens (tertiary/aromatic N) is 4. The number of likely N-dealkylation sites (tertiary alicyclic amines) is 1. The van der Waals surface area contributed by atoms with Crippen molar-refractivity contribution in [3.63, 3.8) is 0 Å². The van der Waals surface area contributed by atoms with Crippen LogP contribution in [0.5, 0.6) is 0 Å². The van der Waals surface area contributed by atoms with Crippen molar-refractivity contribution in [3.8, 4) is 6.07 Å². The van der Waals surface area contributed by atoms with Crippen LogP contribution in [0.15, 0.2) is 12.3 Å². The highest BCUT2D eigenvalue weighted by atomic mass is 35.5. The van der Waals surface area contributed by atoms with Crippen molar-refractivity contribution in [2.75, 3.05) is 37.7 Å². The Morgan fingerprint density at radius 3 is 2.88 bits per heavy atom. The number of pyridine rings is 1. The lowest BCUT2D eigenvalue weighted by Crippen LogP contribution is -2.42. The van der Waals surface area contributed by atoms with E-state index in [1.165, 1.54) is 6.20 Å². The Labute approximate surface area is 147 Å². The molecule has 6 nitrogen and oxygen atoms in total. The van der Waals surface area contributed by atoms with Gasteiger partial charge in [0.25, 0.3) is 0 Å². The summed E-state index contributed by atoms with van der Waals surface area (Å²) in [7, 11) is 0. The summed E-state index contributed by atoms with van der Waals surface area (Å²) in [6.45, 7) is 3.21. The van der Waals surface area contributed by atoms with Gasteiger partial charge in [0.1, 0.15) is 11.9 Å². The average molecular weight is 349 g/mol. The van der Waals surface area contributed by atoms with E-state index in [0.29, 0.717) is 22.9 Å². The molecule has 2 aliphatic rings. The fourth-order valence-electron chi connectivity index (χ4n) is 3.21. The van der Waals surface area contributed by atoms with Crippen LogP contribution in [0.4, 0.5) is 5.82 Å². The second kappa shape index (κ2) is 7.82. The zero-order valence-electron chi connectivity index (χ0n) is 13.6. The maximum absolute atomic E-state index is 12.6. The van der Waals surface area contributed by atoms with E-state index >= 15 is 0 Å². The molecule has 7 heteroatoms. The molecule has 3 heterocycles. The van der Waals surface area contributed by atoms with E-state index in [9.17, 15) is 4.79 Å². The van der Waals surface area contributed by atoms with Gasteiger partial charge in [0.15, 0.2) is 0 Å². The quantitative estimate of drug-likeness (QED) is 0.816. The van der Waals surface area contributed by atoms with Crippen molar-refractivity contribution in [1.29, 1.82) is 5.26 Å². The van der Waals surface area contributed by atoms with Gasteiger partial charge in [-0.15, -0.1) is 0 Å². The van der Waals surface area contributed by atoms with E-state index in [0.717, 1.165) is 45.4 Å². The lowest BCUT2D eigenvalue weighted by molar-refractivity contribution is -0.128. The highest BCUT2D eigenvalue weighted by Gasteiger charge is 2.26. The first-order chi connectivity index (χ1) is 11.7. The number of halogens is 1. The van der Waals surface area contributed by atoms with Crippen LogP contribution in [0.25, 0.3) is 0 Å². The summed E-state index contributed by atoms with van der Waals surface area (Å²) in [6, 6.07) is 3.62. The normalized spacial score (nSPS) is 20.2. The molecule has 2 aliphatic heterocycles. The molecule has 128 valence electrons. The Morgan fingerprint density at radius 1 is 1.46 bits per heavy atom. The largest absolute Gasteiger partial charge is 0.376 e. The van der Waals surface area contributed by atoms with E-state index < -0.39 is 0 Å². The third-order valence-electron chi connectivity index (χ3n) is 4.48. The molecule has 0 N–H and O–H groups in total. The van der Waals surface area contributed by atoms with Crippen LogP contribution < -0.4 is 4.90 Å². The van der Waals surface area contributed by atoms with E-state index in [2.05, 4.69) is 4.98 Å². The molecule has 1 aromatic rings. The molecule has 0 radical (unpaired) electrons. The number of hydrogen-bond donors (Lipinski definition) is 0. The molecule has 2 saturated heterocycles. The van der Waals surface area contributed by atoms with Crippen LogP contribution in [0.3, 0.4) is 0 Å². The minimum Gasteiger partial charge on any atom is -0.376 e. The van der Waals surface area contributed by atoms with Gasteiger partial charge in [-0.3, -0.25) is 4.79 Å². The first-order valence-corrected chi connectivity index (χ1v) is 8.75. The minimum absolute atomic E-state index is 0.0879. The molecular formula is C17H21ClN4O2. The van der Waals surface area contributed by atoms with Crippen molar-refractivity contribution in [2.24, 2.45) is 0 Å². The Bertz CT molecular complexity index is 634. The summed E-state index contributed by atoms with van der Waals surface area (Å²) in [6.07, 6.45) is 5.71. The minimum atomic E-state index is 0.0879. The molecule has 0 bridgehead atoms. The molecule has 1 atom stereocenters. The Morgan fingerprint density at radius 2 is 2.25 bits per heavy atom. The number of aromatic nitrogens is 1. The van der Waals surface area contributed by atoms with E-state index in [4.69, 9.17) is 21.6 Å². The van der Waals surface area contributed by atoms with Crippen molar-refractivity contribution in [3.05, 3.63) is 22.8 Å². The third kappa shape index (κ3) is 3.97. The summed E-state index contributed by atoms with van der Waals surface area (Å²) >= 11 is 6.31. The van der Waals surface area contributed by atoms with Crippen LogP contribution >= 0.6 is 11.6 Å². The highest BCUT2D eigenvalue weighted by molar-refractivity contribution is 6.33. The molecule has 1 amide bonds. The zero-order valence-corrected chi connectivity index (χ0v) is 14.3. The molecule has 0 saturated carbocycles. The predicted molar refractivity (Wildman–Crippen MR) is 91.0 cm³/mol. The summed E-state index contributed by atoms with van der Waals surface area (Å²) in [5.41, 5.74) is 0.409. The molecular weight excluding hydrogens is 328 g/mol. The fraction of sp³-hybridized carbons (Fsp3) is 0.588.